The fourth-order valence-corrected chi connectivity index (χ4v) is 3.32. The third-order valence-electron chi connectivity index (χ3n) is 4.78. The van der Waals surface area contributed by atoms with Crippen molar-refractivity contribution in [2.24, 2.45) is 0 Å². The second-order valence-corrected chi connectivity index (χ2v) is 6.78. The third kappa shape index (κ3) is 3.76. The summed E-state index contributed by atoms with van der Waals surface area (Å²) in [6.45, 7) is 4.09. The molecule has 0 aliphatic heterocycles. The summed E-state index contributed by atoms with van der Waals surface area (Å²) < 4.78 is 22.8. The molecule has 4 aromatic rings. The zero-order valence-corrected chi connectivity index (χ0v) is 17.1. The van der Waals surface area contributed by atoms with Crippen LogP contribution in [0, 0.1) is 0 Å². The molecule has 1 aromatic heterocycles. The predicted molar refractivity (Wildman–Crippen MR) is 117 cm³/mol. The molecule has 1 amide bonds. The van der Waals surface area contributed by atoms with Gasteiger partial charge in [-0.2, -0.15) is 0 Å². The van der Waals surface area contributed by atoms with Crippen molar-refractivity contribution in [3.05, 3.63) is 60.7 Å². The van der Waals surface area contributed by atoms with Crippen molar-refractivity contribution in [3.63, 3.8) is 0 Å². The van der Waals surface area contributed by atoms with Crippen LogP contribution in [0.25, 0.3) is 21.9 Å². The molecule has 6 heteroatoms. The maximum absolute atomic E-state index is 12.8. The number of rotatable bonds is 7. The van der Waals surface area contributed by atoms with E-state index in [4.69, 9.17) is 18.6 Å². The molecule has 3 aromatic carbocycles. The van der Waals surface area contributed by atoms with Crippen molar-refractivity contribution < 1.29 is 23.4 Å². The molecule has 0 bridgehead atoms. The first-order chi connectivity index (χ1) is 14.6. The quantitative estimate of drug-likeness (QED) is 0.446. The summed E-state index contributed by atoms with van der Waals surface area (Å²) in [6, 6.07) is 18.7. The number of fused-ring (bicyclic) bond motifs is 3. The molecule has 30 heavy (non-hydrogen) atoms. The van der Waals surface area contributed by atoms with Crippen LogP contribution in [0.2, 0.25) is 0 Å². The smallest absolute Gasteiger partial charge is 0.265 e. The molecule has 1 heterocycles. The lowest BCUT2D eigenvalue weighted by Crippen LogP contribution is -2.30. The molecule has 0 saturated carbocycles. The molecule has 4 rings (SSSR count). The topological polar surface area (TPSA) is 69.9 Å². The molecule has 0 saturated heterocycles. The monoisotopic (exact) mass is 405 g/mol. The van der Waals surface area contributed by atoms with Crippen LogP contribution in [0.3, 0.4) is 0 Å². The highest BCUT2D eigenvalue weighted by atomic mass is 16.5. The number of hydrogen-bond acceptors (Lipinski definition) is 5. The van der Waals surface area contributed by atoms with Crippen molar-refractivity contribution >= 4 is 33.5 Å². The van der Waals surface area contributed by atoms with Crippen LogP contribution in [-0.4, -0.2) is 25.7 Å². The van der Waals surface area contributed by atoms with Gasteiger partial charge in [0.05, 0.1) is 19.4 Å². The zero-order chi connectivity index (χ0) is 21.1. The lowest BCUT2D eigenvalue weighted by Gasteiger charge is -2.18. The van der Waals surface area contributed by atoms with Crippen LogP contribution >= 0.6 is 0 Å². The van der Waals surface area contributed by atoms with Gasteiger partial charge in [-0.05, 0) is 38.1 Å². The molecule has 0 aliphatic rings. The van der Waals surface area contributed by atoms with Gasteiger partial charge in [0, 0.05) is 16.8 Å². The van der Waals surface area contributed by atoms with Gasteiger partial charge < -0.3 is 23.9 Å². The van der Waals surface area contributed by atoms with Gasteiger partial charge in [-0.1, -0.05) is 30.3 Å². The molecule has 0 aliphatic carbocycles. The number of benzene rings is 3. The summed E-state index contributed by atoms with van der Waals surface area (Å²) in [5.74, 6) is 1.35. The van der Waals surface area contributed by atoms with Crippen molar-refractivity contribution in [2.75, 3.05) is 19.0 Å². The van der Waals surface area contributed by atoms with Gasteiger partial charge in [0.1, 0.15) is 16.9 Å². The summed E-state index contributed by atoms with van der Waals surface area (Å²) in [5, 5.41) is 4.80. The van der Waals surface area contributed by atoms with E-state index in [9.17, 15) is 4.79 Å². The normalized spacial score (nSPS) is 12.0. The van der Waals surface area contributed by atoms with Gasteiger partial charge in [-0.15, -0.1) is 0 Å². The Labute approximate surface area is 174 Å². The molecule has 0 spiro atoms. The molecular weight excluding hydrogens is 382 g/mol. The fraction of sp³-hybridized carbons (Fsp3) is 0.208. The number of furan rings is 1. The minimum absolute atomic E-state index is 0.310. The molecule has 154 valence electrons. The number of amides is 1. The van der Waals surface area contributed by atoms with Crippen LogP contribution in [0.15, 0.2) is 65.1 Å². The molecular formula is C24H23NO5. The molecule has 1 N–H and O–H groups in total. The number of hydrogen-bond donors (Lipinski definition) is 1. The van der Waals surface area contributed by atoms with Gasteiger partial charge in [-0.3, -0.25) is 4.79 Å². The largest absolute Gasteiger partial charge is 0.495 e. The highest BCUT2D eigenvalue weighted by Crippen LogP contribution is 2.36. The van der Waals surface area contributed by atoms with E-state index in [0.29, 0.717) is 35.1 Å². The lowest BCUT2D eigenvalue weighted by molar-refractivity contribution is -0.122. The highest BCUT2D eigenvalue weighted by Gasteiger charge is 2.20. The zero-order valence-electron chi connectivity index (χ0n) is 17.1. The minimum Gasteiger partial charge on any atom is -0.495 e. The SMILES string of the molecule is CCOc1ccccc1OC(C)C(=O)Nc1cc2oc3ccccc3c2cc1OC. The average molecular weight is 405 g/mol. The summed E-state index contributed by atoms with van der Waals surface area (Å²) in [5.41, 5.74) is 1.97. The van der Waals surface area contributed by atoms with E-state index in [0.717, 1.165) is 16.4 Å². The standard InChI is InChI=1S/C24H23NO5/c1-4-28-20-11-7-8-12-21(20)29-15(2)24(26)25-18-14-22-17(13-23(18)27-3)16-9-5-6-10-19(16)30-22/h5-15H,4H2,1-3H3,(H,25,26). The number of anilines is 1. The summed E-state index contributed by atoms with van der Waals surface area (Å²) >= 11 is 0. The Hall–Kier alpha value is -3.67. The number of para-hydroxylation sites is 3. The van der Waals surface area contributed by atoms with Crippen molar-refractivity contribution in [2.45, 2.75) is 20.0 Å². The van der Waals surface area contributed by atoms with E-state index in [1.165, 1.54) is 0 Å². The Morgan fingerprint density at radius 2 is 1.70 bits per heavy atom. The van der Waals surface area contributed by atoms with Crippen LogP contribution < -0.4 is 19.5 Å². The Morgan fingerprint density at radius 1 is 0.967 bits per heavy atom. The van der Waals surface area contributed by atoms with Crippen molar-refractivity contribution in [1.29, 1.82) is 0 Å². The lowest BCUT2D eigenvalue weighted by atomic mass is 10.1. The first-order valence-electron chi connectivity index (χ1n) is 9.79. The predicted octanol–water partition coefficient (Wildman–Crippen LogP) is 5.40. The number of nitrogens with one attached hydrogen (secondary N) is 1. The summed E-state index contributed by atoms with van der Waals surface area (Å²) in [4.78, 5) is 12.8. The van der Waals surface area contributed by atoms with E-state index in [2.05, 4.69) is 5.32 Å². The van der Waals surface area contributed by atoms with E-state index >= 15 is 0 Å². The Kier molecular flexibility index (Phi) is 5.48. The molecule has 0 radical (unpaired) electrons. The van der Waals surface area contributed by atoms with Gasteiger partial charge in [-0.25, -0.2) is 0 Å². The second-order valence-electron chi connectivity index (χ2n) is 6.78. The summed E-state index contributed by atoms with van der Waals surface area (Å²) in [7, 11) is 1.57. The molecule has 6 nitrogen and oxygen atoms in total. The number of ether oxygens (including phenoxy) is 3. The van der Waals surface area contributed by atoms with Crippen LogP contribution in [0.4, 0.5) is 5.69 Å². The molecule has 0 fully saturated rings. The van der Waals surface area contributed by atoms with Gasteiger partial charge in [0.15, 0.2) is 17.6 Å². The average Bonchev–Trinajstić information content (AvgIpc) is 3.12. The number of carbonyl (C=O) groups excluding carboxylic acids is 1. The second kappa shape index (κ2) is 8.37. The van der Waals surface area contributed by atoms with Crippen molar-refractivity contribution in [1.82, 2.24) is 0 Å². The Balaban J connectivity index is 1.58. The number of carbonyl (C=O) groups is 1. The van der Waals surface area contributed by atoms with E-state index in [1.807, 2.05) is 55.5 Å². The van der Waals surface area contributed by atoms with E-state index in [-0.39, 0.29) is 5.91 Å². The maximum atomic E-state index is 12.8. The van der Waals surface area contributed by atoms with E-state index in [1.54, 1.807) is 26.2 Å². The molecule has 1 unspecified atom stereocenters. The third-order valence-corrected chi connectivity index (χ3v) is 4.78. The van der Waals surface area contributed by atoms with Gasteiger partial charge >= 0.3 is 0 Å². The van der Waals surface area contributed by atoms with Gasteiger partial charge in [0.25, 0.3) is 5.91 Å². The van der Waals surface area contributed by atoms with Crippen molar-refractivity contribution in [3.8, 4) is 17.2 Å². The first-order valence-corrected chi connectivity index (χ1v) is 9.79. The minimum atomic E-state index is -0.748. The van der Waals surface area contributed by atoms with Crippen LogP contribution in [0.1, 0.15) is 13.8 Å². The number of methoxy groups -OCH3 is 1. The van der Waals surface area contributed by atoms with Crippen LogP contribution in [-0.2, 0) is 4.79 Å². The maximum Gasteiger partial charge on any atom is 0.265 e. The van der Waals surface area contributed by atoms with Gasteiger partial charge in [0.2, 0.25) is 0 Å². The van der Waals surface area contributed by atoms with Crippen LogP contribution in [0.5, 0.6) is 17.2 Å². The highest BCUT2D eigenvalue weighted by molar-refractivity contribution is 6.08. The Bertz CT molecular complexity index is 1200. The van der Waals surface area contributed by atoms with E-state index < -0.39 is 6.10 Å². The summed E-state index contributed by atoms with van der Waals surface area (Å²) in [6.07, 6.45) is -0.748. The Morgan fingerprint density at radius 3 is 2.47 bits per heavy atom. The molecule has 1 atom stereocenters. The first kappa shape index (κ1) is 19.6. The fourth-order valence-electron chi connectivity index (χ4n) is 3.32.